The van der Waals surface area contributed by atoms with E-state index in [9.17, 15) is 21.6 Å². The minimum Gasteiger partial charge on any atom is -0.397 e. The molecule has 3 aromatic heterocycles. The molecule has 0 radical (unpaired) electrons. The lowest BCUT2D eigenvalue weighted by molar-refractivity contribution is -0.137. The van der Waals surface area contributed by atoms with Gasteiger partial charge in [-0.15, -0.1) is 0 Å². The van der Waals surface area contributed by atoms with Crippen molar-refractivity contribution in [2.75, 3.05) is 11.5 Å². The average Bonchev–Trinajstić information content (AvgIpc) is 3.04. The van der Waals surface area contributed by atoms with E-state index in [2.05, 4.69) is 30.9 Å². The molecule has 0 aliphatic carbocycles. The van der Waals surface area contributed by atoms with E-state index in [-0.39, 0.29) is 43.8 Å². The van der Waals surface area contributed by atoms with Crippen molar-refractivity contribution in [1.29, 1.82) is 0 Å². The molecular weight excluding hydrogens is 475 g/mol. The first kappa shape index (κ1) is 21.2. The molecule has 3 rings (SSSR count). The molecule has 0 spiro atoms. The van der Waals surface area contributed by atoms with Crippen LogP contribution in [0, 0.1) is 0 Å². The van der Waals surface area contributed by atoms with Crippen LogP contribution in [0.3, 0.4) is 0 Å². The molecule has 0 bridgehead atoms. The summed E-state index contributed by atoms with van der Waals surface area (Å²) in [6.07, 6.45) is -2.16. The summed E-state index contributed by atoms with van der Waals surface area (Å²) in [4.78, 5) is 12.3. The maximum absolute atomic E-state index is 13.0. The van der Waals surface area contributed by atoms with Gasteiger partial charge in [0.15, 0.2) is 15.7 Å². The Hall–Kier alpha value is -2.47. The maximum Gasteiger partial charge on any atom is 0.416 e. The van der Waals surface area contributed by atoms with Crippen molar-refractivity contribution in [3.63, 3.8) is 0 Å². The molecule has 7 nitrogen and oxygen atoms in total. The molecule has 0 amide bonds. The van der Waals surface area contributed by atoms with Crippen LogP contribution in [0.2, 0.25) is 0 Å². The highest BCUT2D eigenvalue weighted by molar-refractivity contribution is 9.10. The van der Waals surface area contributed by atoms with Crippen molar-refractivity contribution < 1.29 is 21.6 Å². The third kappa shape index (κ3) is 3.99. The van der Waals surface area contributed by atoms with Gasteiger partial charge < -0.3 is 10.3 Å². The zero-order chi connectivity index (χ0) is 21.6. The number of anilines is 1. The van der Waals surface area contributed by atoms with Gasteiger partial charge in [0.25, 0.3) is 0 Å². The number of nitrogens with two attached hydrogens (primary N) is 1. The fraction of sp³-hybridized carbons (Fsp3) is 0.235. The van der Waals surface area contributed by atoms with E-state index in [4.69, 9.17) is 5.73 Å². The second-order valence-corrected chi connectivity index (χ2v) is 9.07. The van der Waals surface area contributed by atoms with Crippen molar-refractivity contribution in [2.24, 2.45) is 7.05 Å². The minimum absolute atomic E-state index is 0.0358. The molecule has 154 valence electrons. The van der Waals surface area contributed by atoms with Gasteiger partial charge in [-0.2, -0.15) is 13.2 Å². The van der Waals surface area contributed by atoms with Gasteiger partial charge in [-0.25, -0.2) is 18.4 Å². The molecule has 0 aliphatic rings. The van der Waals surface area contributed by atoms with E-state index in [1.165, 1.54) is 30.8 Å². The van der Waals surface area contributed by atoms with Gasteiger partial charge in [0, 0.05) is 13.2 Å². The van der Waals surface area contributed by atoms with Gasteiger partial charge in [0.1, 0.15) is 10.3 Å². The zero-order valence-electron chi connectivity index (χ0n) is 15.2. The van der Waals surface area contributed by atoms with Gasteiger partial charge in [-0.3, -0.25) is 4.98 Å². The van der Waals surface area contributed by atoms with E-state index in [1.54, 1.807) is 0 Å². The lowest BCUT2D eigenvalue weighted by Crippen LogP contribution is -2.10. The van der Waals surface area contributed by atoms with Crippen LogP contribution in [-0.4, -0.2) is 33.7 Å². The average molecular weight is 490 g/mol. The van der Waals surface area contributed by atoms with Gasteiger partial charge in [-0.05, 0) is 34.1 Å². The number of aromatic nitrogens is 4. The van der Waals surface area contributed by atoms with Gasteiger partial charge in [0.05, 0.1) is 39.5 Å². The second-order valence-electron chi connectivity index (χ2n) is 6.07. The molecule has 0 saturated carbocycles. The second kappa shape index (κ2) is 7.41. The van der Waals surface area contributed by atoms with Crippen molar-refractivity contribution >= 4 is 31.5 Å². The third-order valence-electron chi connectivity index (χ3n) is 4.23. The predicted molar refractivity (Wildman–Crippen MR) is 105 cm³/mol. The molecule has 3 aromatic rings. The Morgan fingerprint density at radius 1 is 1.24 bits per heavy atom. The lowest BCUT2D eigenvalue weighted by atomic mass is 10.2. The smallest absolute Gasteiger partial charge is 0.397 e. The molecule has 3 heterocycles. The first-order valence-electron chi connectivity index (χ1n) is 8.20. The Morgan fingerprint density at radius 3 is 2.55 bits per heavy atom. The van der Waals surface area contributed by atoms with Crippen LogP contribution in [0.1, 0.15) is 12.5 Å². The fourth-order valence-corrected chi connectivity index (χ4v) is 4.00. The highest BCUT2D eigenvalue weighted by Crippen LogP contribution is 2.34. The van der Waals surface area contributed by atoms with Crippen LogP contribution in [0.4, 0.5) is 18.9 Å². The predicted octanol–water partition coefficient (Wildman–Crippen LogP) is 3.70. The van der Waals surface area contributed by atoms with E-state index in [1.807, 2.05) is 0 Å². The summed E-state index contributed by atoms with van der Waals surface area (Å²) < 4.78 is 65.7. The number of hydrogen-bond donors (Lipinski definition) is 1. The molecule has 0 saturated heterocycles. The first-order chi connectivity index (χ1) is 13.5. The summed E-state index contributed by atoms with van der Waals surface area (Å²) in [7, 11) is -2.16. The number of nitrogens with zero attached hydrogens (tertiary/aromatic N) is 4. The summed E-state index contributed by atoms with van der Waals surface area (Å²) in [5, 5.41) is 0. The van der Waals surface area contributed by atoms with Crippen LogP contribution in [0.5, 0.6) is 0 Å². The molecule has 0 aromatic carbocycles. The molecule has 0 atom stereocenters. The number of nitrogen functional groups attached to an aromatic ring is 1. The normalized spacial score (nSPS) is 12.3. The third-order valence-corrected chi connectivity index (χ3v) is 6.61. The summed E-state index contributed by atoms with van der Waals surface area (Å²) in [5.41, 5.74) is 5.41. The van der Waals surface area contributed by atoms with Gasteiger partial charge in [-0.1, -0.05) is 6.92 Å². The number of hydrogen-bond acceptors (Lipinski definition) is 6. The monoisotopic (exact) mass is 489 g/mol. The van der Waals surface area contributed by atoms with Crippen molar-refractivity contribution in [3.8, 4) is 22.9 Å². The lowest BCUT2D eigenvalue weighted by Gasteiger charge is -2.12. The SMILES string of the molecule is CCS(=O)(=O)c1cc(N)c(Br)nc1-c1ncc(-c2cc(C(F)(F)F)ccn2)n1C. The van der Waals surface area contributed by atoms with Crippen LogP contribution < -0.4 is 5.73 Å². The fourth-order valence-electron chi connectivity index (χ4n) is 2.65. The van der Waals surface area contributed by atoms with Crippen LogP contribution in [0.25, 0.3) is 22.9 Å². The molecule has 0 unspecified atom stereocenters. The Kier molecular flexibility index (Phi) is 5.43. The number of halogens is 4. The summed E-state index contributed by atoms with van der Waals surface area (Å²) >= 11 is 3.17. The van der Waals surface area contributed by atoms with E-state index < -0.39 is 21.6 Å². The van der Waals surface area contributed by atoms with Crippen LogP contribution in [0.15, 0.2) is 40.1 Å². The standard InChI is InChI=1S/C17H15BrF3N5O2S/c1-3-29(27,28)13-7-10(22)15(18)25-14(13)16-24-8-12(26(16)2)11-6-9(4-5-23-11)17(19,20)21/h4-8H,3,22H2,1-2H3. The van der Waals surface area contributed by atoms with Gasteiger partial charge in [0.2, 0.25) is 0 Å². The topological polar surface area (TPSA) is 104 Å². The van der Waals surface area contributed by atoms with Crippen molar-refractivity contribution in [2.45, 2.75) is 18.0 Å². The number of pyridine rings is 2. The molecule has 0 aliphatic heterocycles. The summed E-state index contributed by atoms with van der Waals surface area (Å²) in [6, 6.07) is 3.05. The van der Waals surface area contributed by atoms with Crippen LogP contribution in [-0.2, 0) is 23.1 Å². The van der Waals surface area contributed by atoms with Crippen molar-refractivity contribution in [3.05, 3.63) is 40.8 Å². The molecular formula is C17H15BrF3N5O2S. The molecule has 0 fully saturated rings. The minimum atomic E-state index is -4.52. The molecule has 29 heavy (non-hydrogen) atoms. The summed E-state index contributed by atoms with van der Waals surface area (Å²) in [6.45, 7) is 1.48. The maximum atomic E-state index is 13.0. The first-order valence-corrected chi connectivity index (χ1v) is 10.6. The quantitative estimate of drug-likeness (QED) is 0.560. The number of sulfone groups is 1. The summed E-state index contributed by atoms with van der Waals surface area (Å²) in [5.74, 6) is -0.0400. The van der Waals surface area contributed by atoms with Crippen molar-refractivity contribution in [1.82, 2.24) is 19.5 Å². The van der Waals surface area contributed by atoms with E-state index in [0.29, 0.717) is 0 Å². The van der Waals surface area contributed by atoms with E-state index >= 15 is 0 Å². The zero-order valence-corrected chi connectivity index (χ0v) is 17.6. The number of alkyl halides is 3. The highest BCUT2D eigenvalue weighted by Gasteiger charge is 2.31. The highest BCUT2D eigenvalue weighted by atomic mass is 79.9. The number of imidazole rings is 1. The largest absolute Gasteiger partial charge is 0.416 e. The molecule has 12 heteroatoms. The number of rotatable bonds is 4. The Bertz CT molecular complexity index is 1190. The Balaban J connectivity index is 2.21. The van der Waals surface area contributed by atoms with E-state index in [0.717, 1.165) is 18.3 Å². The van der Waals surface area contributed by atoms with Crippen LogP contribution >= 0.6 is 15.9 Å². The Labute approximate surface area is 172 Å². The molecule has 2 N–H and O–H groups in total. The Morgan fingerprint density at radius 2 is 1.93 bits per heavy atom. The van der Waals surface area contributed by atoms with Gasteiger partial charge >= 0.3 is 6.18 Å².